The van der Waals surface area contributed by atoms with E-state index in [1.54, 1.807) is 7.11 Å². The molecule has 3 nitrogen and oxygen atoms in total. The van der Waals surface area contributed by atoms with Crippen LogP contribution in [0.3, 0.4) is 0 Å². The van der Waals surface area contributed by atoms with Crippen LogP contribution in [0.2, 0.25) is 0 Å². The standard InChI is InChI=1S/C9H21NO2/c1-8(5-10-3)6-12-9(2)7-11-4/h8-10H,5-7H2,1-4H3. The van der Waals surface area contributed by atoms with E-state index in [1.165, 1.54) is 0 Å². The minimum atomic E-state index is 0.203. The molecule has 0 heterocycles. The second-order valence-electron chi connectivity index (χ2n) is 3.26. The Balaban J connectivity index is 3.27. The van der Waals surface area contributed by atoms with Crippen molar-refractivity contribution in [3.8, 4) is 0 Å². The van der Waals surface area contributed by atoms with Crippen LogP contribution in [0.1, 0.15) is 13.8 Å². The minimum Gasteiger partial charge on any atom is -0.382 e. The molecule has 0 saturated carbocycles. The van der Waals surface area contributed by atoms with Crippen LogP contribution in [0, 0.1) is 5.92 Å². The molecule has 1 N–H and O–H groups in total. The Morgan fingerprint density at radius 2 is 1.92 bits per heavy atom. The van der Waals surface area contributed by atoms with Gasteiger partial charge >= 0.3 is 0 Å². The van der Waals surface area contributed by atoms with Gasteiger partial charge in [0, 0.05) is 7.11 Å². The van der Waals surface area contributed by atoms with Crippen LogP contribution < -0.4 is 5.32 Å². The van der Waals surface area contributed by atoms with Gasteiger partial charge in [0.15, 0.2) is 0 Å². The van der Waals surface area contributed by atoms with Gasteiger partial charge in [0.1, 0.15) is 0 Å². The Bertz CT molecular complexity index is 86.5. The fraction of sp³-hybridized carbons (Fsp3) is 1.00. The number of hydrogen-bond acceptors (Lipinski definition) is 3. The predicted molar refractivity (Wildman–Crippen MR) is 50.4 cm³/mol. The summed E-state index contributed by atoms with van der Waals surface area (Å²) in [5.74, 6) is 0.564. The molecule has 0 saturated heterocycles. The highest BCUT2D eigenvalue weighted by atomic mass is 16.5. The van der Waals surface area contributed by atoms with Crippen molar-refractivity contribution in [1.29, 1.82) is 0 Å². The van der Waals surface area contributed by atoms with Crippen molar-refractivity contribution in [2.45, 2.75) is 20.0 Å². The zero-order valence-electron chi connectivity index (χ0n) is 8.59. The van der Waals surface area contributed by atoms with Crippen LogP contribution in [-0.4, -0.2) is 40.0 Å². The summed E-state index contributed by atoms with van der Waals surface area (Å²) in [5, 5.41) is 3.11. The summed E-state index contributed by atoms with van der Waals surface area (Å²) >= 11 is 0. The van der Waals surface area contributed by atoms with Crippen molar-refractivity contribution in [2.75, 3.05) is 33.9 Å². The molecule has 0 radical (unpaired) electrons. The van der Waals surface area contributed by atoms with Crippen LogP contribution in [0.5, 0.6) is 0 Å². The molecule has 0 bridgehead atoms. The maximum atomic E-state index is 5.53. The van der Waals surface area contributed by atoms with Gasteiger partial charge in [-0.05, 0) is 26.4 Å². The summed E-state index contributed by atoms with van der Waals surface area (Å²) in [6.07, 6.45) is 0.203. The van der Waals surface area contributed by atoms with Crippen LogP contribution in [0.25, 0.3) is 0 Å². The fourth-order valence-corrected chi connectivity index (χ4v) is 1.02. The van der Waals surface area contributed by atoms with Crippen molar-refractivity contribution >= 4 is 0 Å². The van der Waals surface area contributed by atoms with Gasteiger partial charge in [0.2, 0.25) is 0 Å². The van der Waals surface area contributed by atoms with E-state index in [-0.39, 0.29) is 6.10 Å². The highest BCUT2D eigenvalue weighted by molar-refractivity contribution is 4.55. The largest absolute Gasteiger partial charge is 0.382 e. The van der Waals surface area contributed by atoms with Crippen molar-refractivity contribution < 1.29 is 9.47 Å². The summed E-state index contributed by atoms with van der Waals surface area (Å²) < 4.78 is 10.5. The van der Waals surface area contributed by atoms with E-state index in [9.17, 15) is 0 Å². The summed E-state index contributed by atoms with van der Waals surface area (Å²) in [7, 11) is 3.64. The Morgan fingerprint density at radius 3 is 2.42 bits per heavy atom. The summed E-state index contributed by atoms with van der Waals surface area (Å²) in [4.78, 5) is 0. The van der Waals surface area contributed by atoms with Crippen molar-refractivity contribution in [3.63, 3.8) is 0 Å². The SMILES string of the molecule is CNCC(C)COC(C)COC. The molecular weight excluding hydrogens is 154 g/mol. The molecule has 0 aliphatic heterocycles. The molecule has 0 aromatic carbocycles. The van der Waals surface area contributed by atoms with Gasteiger partial charge in [-0.15, -0.1) is 0 Å². The van der Waals surface area contributed by atoms with Gasteiger partial charge in [0.05, 0.1) is 19.3 Å². The molecule has 2 atom stereocenters. The van der Waals surface area contributed by atoms with Crippen molar-refractivity contribution in [2.24, 2.45) is 5.92 Å². The molecule has 0 fully saturated rings. The second kappa shape index (κ2) is 7.53. The quantitative estimate of drug-likeness (QED) is 0.623. The monoisotopic (exact) mass is 175 g/mol. The first-order valence-corrected chi connectivity index (χ1v) is 4.45. The smallest absolute Gasteiger partial charge is 0.0780 e. The molecule has 0 aliphatic carbocycles. The van der Waals surface area contributed by atoms with Crippen LogP contribution >= 0.6 is 0 Å². The first kappa shape index (κ1) is 11.9. The van der Waals surface area contributed by atoms with Gasteiger partial charge < -0.3 is 14.8 Å². The van der Waals surface area contributed by atoms with E-state index >= 15 is 0 Å². The molecule has 0 rings (SSSR count). The average Bonchev–Trinajstić information content (AvgIpc) is 2.02. The maximum Gasteiger partial charge on any atom is 0.0780 e. The molecular formula is C9H21NO2. The third-order valence-electron chi connectivity index (χ3n) is 1.62. The molecule has 0 spiro atoms. The molecule has 2 unspecified atom stereocenters. The normalized spacial score (nSPS) is 16.0. The molecule has 0 amide bonds. The molecule has 0 aliphatic rings. The van der Waals surface area contributed by atoms with Gasteiger partial charge in [-0.2, -0.15) is 0 Å². The highest BCUT2D eigenvalue weighted by Gasteiger charge is 2.04. The summed E-state index contributed by atoms with van der Waals surface area (Å²) in [5.41, 5.74) is 0. The Morgan fingerprint density at radius 1 is 1.25 bits per heavy atom. The van der Waals surface area contributed by atoms with Gasteiger partial charge in [-0.1, -0.05) is 6.92 Å². The number of rotatable bonds is 7. The lowest BCUT2D eigenvalue weighted by molar-refractivity contribution is -0.00396. The Kier molecular flexibility index (Phi) is 7.45. The molecule has 74 valence electrons. The van der Waals surface area contributed by atoms with Crippen LogP contribution in [0.4, 0.5) is 0 Å². The third kappa shape index (κ3) is 6.58. The fourth-order valence-electron chi connectivity index (χ4n) is 1.02. The molecule has 0 aromatic heterocycles. The first-order chi connectivity index (χ1) is 5.70. The number of hydrogen-bond donors (Lipinski definition) is 1. The maximum absolute atomic E-state index is 5.53. The minimum absolute atomic E-state index is 0.203. The number of nitrogens with one attached hydrogen (secondary N) is 1. The van der Waals surface area contributed by atoms with E-state index in [4.69, 9.17) is 9.47 Å². The first-order valence-electron chi connectivity index (χ1n) is 4.45. The number of ether oxygens (including phenoxy) is 2. The summed E-state index contributed by atoms with van der Waals surface area (Å²) in [6.45, 7) is 6.66. The van der Waals surface area contributed by atoms with Crippen LogP contribution in [0.15, 0.2) is 0 Å². The molecule has 3 heteroatoms. The van der Waals surface area contributed by atoms with Crippen molar-refractivity contribution in [3.05, 3.63) is 0 Å². The van der Waals surface area contributed by atoms with Crippen LogP contribution in [-0.2, 0) is 9.47 Å². The van der Waals surface area contributed by atoms with E-state index in [0.717, 1.165) is 13.2 Å². The average molecular weight is 175 g/mol. The highest BCUT2D eigenvalue weighted by Crippen LogP contribution is 1.98. The zero-order chi connectivity index (χ0) is 9.40. The van der Waals surface area contributed by atoms with E-state index in [0.29, 0.717) is 12.5 Å². The van der Waals surface area contributed by atoms with Gasteiger partial charge in [0.25, 0.3) is 0 Å². The predicted octanol–water partition coefficient (Wildman–Crippen LogP) is 0.893. The molecule has 12 heavy (non-hydrogen) atoms. The zero-order valence-corrected chi connectivity index (χ0v) is 8.59. The Labute approximate surface area is 75.4 Å². The van der Waals surface area contributed by atoms with Crippen molar-refractivity contribution in [1.82, 2.24) is 5.32 Å². The Hall–Kier alpha value is -0.120. The lowest BCUT2D eigenvalue weighted by atomic mass is 10.2. The topological polar surface area (TPSA) is 30.5 Å². The lowest BCUT2D eigenvalue weighted by Gasteiger charge is -2.15. The van der Waals surface area contributed by atoms with Gasteiger partial charge in [-0.25, -0.2) is 0 Å². The molecule has 0 aromatic rings. The number of methoxy groups -OCH3 is 1. The lowest BCUT2D eigenvalue weighted by Crippen LogP contribution is -2.24. The summed E-state index contributed by atoms with van der Waals surface area (Å²) in [6, 6.07) is 0. The van der Waals surface area contributed by atoms with E-state index in [1.807, 2.05) is 14.0 Å². The third-order valence-corrected chi connectivity index (χ3v) is 1.62. The van der Waals surface area contributed by atoms with E-state index in [2.05, 4.69) is 12.2 Å². The second-order valence-corrected chi connectivity index (χ2v) is 3.26. The van der Waals surface area contributed by atoms with E-state index < -0.39 is 0 Å². The van der Waals surface area contributed by atoms with Gasteiger partial charge in [-0.3, -0.25) is 0 Å².